The third-order valence-corrected chi connectivity index (χ3v) is 4.62. The maximum absolute atomic E-state index is 14.0. The van der Waals surface area contributed by atoms with E-state index in [9.17, 15) is 9.18 Å². The van der Waals surface area contributed by atoms with Crippen molar-refractivity contribution in [2.45, 2.75) is 25.5 Å². The van der Waals surface area contributed by atoms with E-state index in [1.807, 2.05) is 30.5 Å². The Balaban J connectivity index is 1.45. The molecule has 1 aliphatic heterocycles. The molecule has 28 heavy (non-hydrogen) atoms. The van der Waals surface area contributed by atoms with Crippen LogP contribution in [0.15, 0.2) is 72.1 Å². The molecule has 1 N–H and O–H groups in total. The minimum absolute atomic E-state index is 0.187. The third-order valence-electron chi connectivity index (χ3n) is 4.62. The number of anilines is 1. The first-order chi connectivity index (χ1) is 13.5. The van der Waals surface area contributed by atoms with E-state index in [-0.39, 0.29) is 18.1 Å². The number of carbonyl (C=O) groups excluding carboxylic acids is 1. The molecule has 1 unspecified atom stereocenters. The van der Waals surface area contributed by atoms with Crippen molar-refractivity contribution in [2.75, 3.05) is 5.32 Å². The maximum Gasteiger partial charge on any atom is 0.271 e. The Kier molecular flexibility index (Phi) is 4.65. The second kappa shape index (κ2) is 7.26. The van der Waals surface area contributed by atoms with Gasteiger partial charge < -0.3 is 10.2 Å². The molecule has 1 amide bonds. The lowest BCUT2D eigenvalue weighted by molar-refractivity contribution is -0.135. The van der Waals surface area contributed by atoms with Crippen LogP contribution in [0.3, 0.4) is 0 Å². The molecule has 6 nitrogen and oxygen atoms in total. The predicted octanol–water partition coefficient (Wildman–Crippen LogP) is 3.59. The standard InChI is InChI=1S/C21H19FN4O2/c1-21(13-19(25-28-21)17-8-2-3-9-18(17)22)20(27)24-16-7-4-6-15(12-16)14-26-11-5-10-23-26/h2-12H,13-14H2,1H3,(H,24,27). The van der Waals surface area contributed by atoms with E-state index in [2.05, 4.69) is 15.6 Å². The molecule has 1 aromatic heterocycles. The van der Waals surface area contributed by atoms with E-state index in [1.165, 1.54) is 6.07 Å². The molecule has 0 radical (unpaired) electrons. The average molecular weight is 378 g/mol. The smallest absolute Gasteiger partial charge is 0.271 e. The number of carbonyl (C=O) groups is 1. The van der Waals surface area contributed by atoms with E-state index in [1.54, 1.807) is 42.1 Å². The van der Waals surface area contributed by atoms with Gasteiger partial charge in [0, 0.05) is 30.1 Å². The first-order valence-corrected chi connectivity index (χ1v) is 8.91. The summed E-state index contributed by atoms with van der Waals surface area (Å²) >= 11 is 0. The lowest BCUT2D eigenvalue weighted by Gasteiger charge is -2.20. The third kappa shape index (κ3) is 3.64. The molecule has 1 atom stereocenters. The van der Waals surface area contributed by atoms with Crippen LogP contribution in [0.5, 0.6) is 0 Å². The molecule has 4 rings (SSSR count). The Labute approximate surface area is 161 Å². The monoisotopic (exact) mass is 378 g/mol. The van der Waals surface area contributed by atoms with Gasteiger partial charge in [0.1, 0.15) is 5.82 Å². The number of nitrogens with zero attached hydrogens (tertiary/aromatic N) is 3. The van der Waals surface area contributed by atoms with E-state index >= 15 is 0 Å². The summed E-state index contributed by atoms with van der Waals surface area (Å²) in [5.41, 5.74) is 1.22. The van der Waals surface area contributed by atoms with Gasteiger partial charge in [0.2, 0.25) is 5.60 Å². The number of amides is 1. The van der Waals surface area contributed by atoms with Gasteiger partial charge in [-0.05, 0) is 36.8 Å². The summed E-state index contributed by atoms with van der Waals surface area (Å²) in [4.78, 5) is 18.2. The second-order valence-electron chi connectivity index (χ2n) is 6.87. The van der Waals surface area contributed by atoms with Crippen LogP contribution in [0.4, 0.5) is 10.1 Å². The summed E-state index contributed by atoms with van der Waals surface area (Å²) < 4.78 is 15.8. The molecule has 2 heterocycles. The quantitative estimate of drug-likeness (QED) is 0.738. The van der Waals surface area contributed by atoms with Crippen molar-refractivity contribution in [3.05, 3.63) is 83.9 Å². The molecule has 0 saturated carbocycles. The number of aromatic nitrogens is 2. The summed E-state index contributed by atoms with van der Waals surface area (Å²) in [5, 5.41) is 11.0. The molecule has 142 valence electrons. The lowest BCUT2D eigenvalue weighted by Crippen LogP contribution is -2.40. The SMILES string of the molecule is CC1(C(=O)Nc2cccc(Cn3cccn3)c2)CC(c2ccccc2F)=NO1. The Morgan fingerprint density at radius 1 is 1.25 bits per heavy atom. The van der Waals surface area contributed by atoms with Crippen LogP contribution >= 0.6 is 0 Å². The summed E-state index contributed by atoms with van der Waals surface area (Å²) in [7, 11) is 0. The summed E-state index contributed by atoms with van der Waals surface area (Å²) in [5.74, 6) is -0.723. The van der Waals surface area contributed by atoms with Gasteiger partial charge in [-0.3, -0.25) is 9.48 Å². The predicted molar refractivity (Wildman–Crippen MR) is 103 cm³/mol. The molecule has 0 spiro atoms. The fraction of sp³-hybridized carbons (Fsp3) is 0.190. The van der Waals surface area contributed by atoms with Gasteiger partial charge in [-0.25, -0.2) is 4.39 Å². The van der Waals surface area contributed by atoms with Crippen LogP contribution in [-0.2, 0) is 16.2 Å². The molecule has 0 fully saturated rings. The lowest BCUT2D eigenvalue weighted by atomic mass is 9.94. The van der Waals surface area contributed by atoms with Crippen LogP contribution < -0.4 is 5.32 Å². The fourth-order valence-electron chi connectivity index (χ4n) is 3.09. The summed E-state index contributed by atoms with van der Waals surface area (Å²) in [6.45, 7) is 2.25. The first kappa shape index (κ1) is 17.9. The molecule has 0 saturated heterocycles. The number of hydrogen-bond acceptors (Lipinski definition) is 4. The zero-order valence-corrected chi connectivity index (χ0v) is 15.3. The van der Waals surface area contributed by atoms with Gasteiger partial charge in [0.05, 0.1) is 12.3 Å². The zero-order chi connectivity index (χ0) is 19.6. The highest BCUT2D eigenvalue weighted by molar-refractivity contribution is 6.08. The number of rotatable bonds is 5. The van der Waals surface area contributed by atoms with Gasteiger partial charge in [-0.2, -0.15) is 5.10 Å². The molecular weight excluding hydrogens is 359 g/mol. The molecule has 1 aliphatic rings. The van der Waals surface area contributed by atoms with Crippen molar-refractivity contribution < 1.29 is 14.0 Å². The van der Waals surface area contributed by atoms with Crippen molar-refractivity contribution >= 4 is 17.3 Å². The van der Waals surface area contributed by atoms with Crippen molar-refractivity contribution in [3.8, 4) is 0 Å². The topological polar surface area (TPSA) is 68.5 Å². The normalized spacial score (nSPS) is 18.4. The largest absolute Gasteiger partial charge is 0.379 e. The molecule has 3 aromatic rings. The van der Waals surface area contributed by atoms with Crippen LogP contribution in [0, 0.1) is 5.82 Å². The molecule has 0 aliphatic carbocycles. The highest BCUT2D eigenvalue weighted by Gasteiger charge is 2.42. The molecular formula is C21H19FN4O2. The number of nitrogens with one attached hydrogen (secondary N) is 1. The Morgan fingerprint density at radius 2 is 2.11 bits per heavy atom. The fourth-order valence-corrected chi connectivity index (χ4v) is 3.09. The van der Waals surface area contributed by atoms with E-state index < -0.39 is 5.60 Å². The van der Waals surface area contributed by atoms with Crippen LogP contribution in [0.25, 0.3) is 0 Å². The van der Waals surface area contributed by atoms with Crippen LogP contribution in [0.2, 0.25) is 0 Å². The van der Waals surface area contributed by atoms with Gasteiger partial charge in [-0.15, -0.1) is 0 Å². The average Bonchev–Trinajstić information content (AvgIpc) is 3.33. The highest BCUT2D eigenvalue weighted by Crippen LogP contribution is 2.29. The van der Waals surface area contributed by atoms with Gasteiger partial charge in [0.15, 0.2) is 0 Å². The second-order valence-corrected chi connectivity index (χ2v) is 6.87. The highest BCUT2D eigenvalue weighted by atomic mass is 19.1. The molecule has 7 heteroatoms. The van der Waals surface area contributed by atoms with Crippen LogP contribution in [-0.4, -0.2) is 27.0 Å². The van der Waals surface area contributed by atoms with Crippen molar-refractivity contribution in [1.82, 2.24) is 9.78 Å². The van der Waals surface area contributed by atoms with Crippen molar-refractivity contribution in [1.29, 1.82) is 0 Å². The molecule has 0 bridgehead atoms. The van der Waals surface area contributed by atoms with E-state index in [0.717, 1.165) is 5.56 Å². The van der Waals surface area contributed by atoms with E-state index in [0.29, 0.717) is 23.5 Å². The van der Waals surface area contributed by atoms with Gasteiger partial charge >= 0.3 is 0 Å². The van der Waals surface area contributed by atoms with Crippen molar-refractivity contribution in [2.24, 2.45) is 5.16 Å². The Bertz CT molecular complexity index is 1030. The summed E-state index contributed by atoms with van der Waals surface area (Å²) in [6.07, 6.45) is 3.78. The number of benzene rings is 2. The number of oxime groups is 1. The zero-order valence-electron chi connectivity index (χ0n) is 15.3. The molecule has 2 aromatic carbocycles. The minimum atomic E-state index is -1.20. The first-order valence-electron chi connectivity index (χ1n) is 8.91. The number of hydrogen-bond donors (Lipinski definition) is 1. The summed E-state index contributed by atoms with van der Waals surface area (Å²) in [6, 6.07) is 15.7. The Hall–Kier alpha value is -3.48. The Morgan fingerprint density at radius 3 is 2.89 bits per heavy atom. The minimum Gasteiger partial charge on any atom is -0.379 e. The van der Waals surface area contributed by atoms with Gasteiger partial charge in [0.25, 0.3) is 5.91 Å². The maximum atomic E-state index is 14.0. The van der Waals surface area contributed by atoms with E-state index in [4.69, 9.17) is 4.84 Å². The van der Waals surface area contributed by atoms with Crippen LogP contribution in [0.1, 0.15) is 24.5 Å². The number of halogens is 1. The van der Waals surface area contributed by atoms with Crippen molar-refractivity contribution in [3.63, 3.8) is 0 Å². The van der Waals surface area contributed by atoms with Gasteiger partial charge in [-0.1, -0.05) is 35.5 Å².